The second-order valence-corrected chi connectivity index (χ2v) is 5.29. The van der Waals surface area contributed by atoms with Gasteiger partial charge in [-0.3, -0.25) is 4.79 Å². The van der Waals surface area contributed by atoms with Crippen LogP contribution in [0.15, 0.2) is 41.0 Å². The maximum absolute atomic E-state index is 11.9. The zero-order valence-electron chi connectivity index (χ0n) is 11.6. The second kappa shape index (κ2) is 7.33. The van der Waals surface area contributed by atoms with Gasteiger partial charge in [0.2, 0.25) is 0 Å². The van der Waals surface area contributed by atoms with Crippen LogP contribution in [0, 0.1) is 0 Å². The number of nitrogens with one attached hydrogen (secondary N) is 1. The fourth-order valence-electron chi connectivity index (χ4n) is 1.64. The van der Waals surface area contributed by atoms with Crippen LogP contribution in [0.25, 0.3) is 0 Å². The summed E-state index contributed by atoms with van der Waals surface area (Å²) in [5, 5.41) is 3.18. The van der Waals surface area contributed by atoms with Crippen molar-refractivity contribution in [1.82, 2.24) is 5.32 Å². The van der Waals surface area contributed by atoms with Crippen LogP contribution in [-0.2, 0) is 16.1 Å². The lowest BCUT2D eigenvalue weighted by atomic mass is 10.2. The fraction of sp³-hybridized carbons (Fsp3) is 0.200. The van der Waals surface area contributed by atoms with Crippen molar-refractivity contribution in [1.29, 1.82) is 0 Å². The quantitative estimate of drug-likeness (QED) is 0.845. The predicted molar refractivity (Wildman–Crippen MR) is 81.9 cm³/mol. The average Bonchev–Trinajstić information content (AvgIpc) is 3.00. The molecular weight excluding hydrogens is 329 g/mol. The molecule has 2 rings (SSSR count). The van der Waals surface area contributed by atoms with Crippen molar-refractivity contribution in [3.63, 3.8) is 0 Å². The zero-order valence-corrected chi connectivity index (χ0v) is 13.1. The van der Waals surface area contributed by atoms with E-state index < -0.39 is 18.0 Å². The second-order valence-electron chi connectivity index (χ2n) is 4.47. The number of benzene rings is 1. The van der Waals surface area contributed by atoms with E-state index in [0.29, 0.717) is 10.8 Å². The van der Waals surface area contributed by atoms with E-state index in [-0.39, 0.29) is 17.1 Å². The van der Waals surface area contributed by atoms with Gasteiger partial charge in [0.1, 0.15) is 5.76 Å². The summed E-state index contributed by atoms with van der Waals surface area (Å²) in [5.74, 6) is -0.472. The molecule has 1 heterocycles. The van der Waals surface area contributed by atoms with Gasteiger partial charge in [-0.15, -0.1) is 0 Å². The maximum Gasteiger partial charge on any atom is 0.338 e. The van der Waals surface area contributed by atoms with Crippen molar-refractivity contribution in [2.45, 2.75) is 19.6 Å². The molecule has 1 amide bonds. The number of rotatable bonds is 5. The highest BCUT2D eigenvalue weighted by atomic mass is 35.5. The monoisotopic (exact) mass is 341 g/mol. The third-order valence-electron chi connectivity index (χ3n) is 2.83. The van der Waals surface area contributed by atoms with Gasteiger partial charge in [0.15, 0.2) is 6.10 Å². The molecule has 0 aliphatic carbocycles. The normalized spacial score (nSPS) is 11.8. The highest BCUT2D eigenvalue weighted by Gasteiger charge is 2.19. The number of hydrogen-bond acceptors (Lipinski definition) is 4. The van der Waals surface area contributed by atoms with Crippen LogP contribution < -0.4 is 5.32 Å². The van der Waals surface area contributed by atoms with E-state index in [2.05, 4.69) is 5.32 Å². The van der Waals surface area contributed by atoms with Gasteiger partial charge in [-0.1, -0.05) is 23.2 Å². The van der Waals surface area contributed by atoms with Crippen molar-refractivity contribution in [3.8, 4) is 0 Å². The Balaban J connectivity index is 1.89. The molecule has 1 atom stereocenters. The third-order valence-corrected chi connectivity index (χ3v) is 3.56. The first-order valence-corrected chi connectivity index (χ1v) is 7.19. The Morgan fingerprint density at radius 1 is 1.27 bits per heavy atom. The molecule has 0 radical (unpaired) electrons. The zero-order chi connectivity index (χ0) is 16.1. The van der Waals surface area contributed by atoms with Crippen molar-refractivity contribution in [3.05, 3.63) is 58.0 Å². The van der Waals surface area contributed by atoms with Crippen molar-refractivity contribution < 1.29 is 18.7 Å². The molecule has 0 fully saturated rings. The number of amides is 1. The van der Waals surface area contributed by atoms with Gasteiger partial charge in [-0.2, -0.15) is 0 Å². The van der Waals surface area contributed by atoms with E-state index in [1.165, 1.54) is 31.4 Å². The molecule has 22 heavy (non-hydrogen) atoms. The average molecular weight is 342 g/mol. The highest BCUT2D eigenvalue weighted by molar-refractivity contribution is 6.42. The number of furan rings is 1. The number of halogens is 2. The lowest BCUT2D eigenvalue weighted by Gasteiger charge is -2.13. The van der Waals surface area contributed by atoms with E-state index in [1.54, 1.807) is 12.1 Å². The van der Waals surface area contributed by atoms with Crippen LogP contribution in [0.3, 0.4) is 0 Å². The third kappa shape index (κ3) is 4.26. The van der Waals surface area contributed by atoms with Crippen LogP contribution in [0.5, 0.6) is 0 Å². The minimum absolute atomic E-state index is 0.222. The van der Waals surface area contributed by atoms with Gasteiger partial charge < -0.3 is 14.5 Å². The largest absolute Gasteiger partial charge is 0.467 e. The van der Waals surface area contributed by atoms with E-state index in [9.17, 15) is 9.59 Å². The van der Waals surface area contributed by atoms with Crippen LogP contribution in [0.2, 0.25) is 10.0 Å². The topological polar surface area (TPSA) is 68.5 Å². The first kappa shape index (κ1) is 16.4. The van der Waals surface area contributed by atoms with Crippen LogP contribution in [0.1, 0.15) is 23.0 Å². The van der Waals surface area contributed by atoms with E-state index in [1.807, 2.05) is 0 Å². The molecule has 0 saturated carbocycles. The van der Waals surface area contributed by atoms with Crippen LogP contribution in [-0.4, -0.2) is 18.0 Å². The molecule has 1 aromatic carbocycles. The van der Waals surface area contributed by atoms with Crippen molar-refractivity contribution >= 4 is 35.1 Å². The molecule has 5 nitrogen and oxygen atoms in total. The molecule has 116 valence electrons. The Labute approximate surface area is 137 Å². The van der Waals surface area contributed by atoms with Gasteiger partial charge in [-0.05, 0) is 37.3 Å². The molecule has 0 unspecified atom stereocenters. The Bertz CT molecular complexity index is 670. The van der Waals surface area contributed by atoms with E-state index >= 15 is 0 Å². The smallest absolute Gasteiger partial charge is 0.338 e. The molecule has 1 N–H and O–H groups in total. The molecule has 0 spiro atoms. The van der Waals surface area contributed by atoms with Gasteiger partial charge >= 0.3 is 5.97 Å². The van der Waals surface area contributed by atoms with Gasteiger partial charge in [0, 0.05) is 0 Å². The van der Waals surface area contributed by atoms with Crippen LogP contribution in [0.4, 0.5) is 0 Å². The predicted octanol–water partition coefficient (Wildman–Crippen LogP) is 3.45. The molecule has 0 saturated heterocycles. The number of carbonyl (C=O) groups is 2. The van der Waals surface area contributed by atoms with Crippen molar-refractivity contribution in [2.24, 2.45) is 0 Å². The highest BCUT2D eigenvalue weighted by Crippen LogP contribution is 2.23. The first-order chi connectivity index (χ1) is 10.5. The summed E-state index contributed by atoms with van der Waals surface area (Å²) in [6.07, 6.45) is 0.562. The summed E-state index contributed by atoms with van der Waals surface area (Å²) >= 11 is 11.6. The van der Waals surface area contributed by atoms with E-state index in [4.69, 9.17) is 32.4 Å². The molecule has 7 heteroatoms. The lowest BCUT2D eigenvalue weighted by molar-refractivity contribution is -0.129. The summed E-state index contributed by atoms with van der Waals surface area (Å²) in [5.41, 5.74) is 0.222. The summed E-state index contributed by atoms with van der Waals surface area (Å²) in [6, 6.07) is 7.80. The fourth-order valence-corrected chi connectivity index (χ4v) is 1.93. The summed E-state index contributed by atoms with van der Waals surface area (Å²) < 4.78 is 10.2. The summed E-state index contributed by atoms with van der Waals surface area (Å²) in [4.78, 5) is 23.8. The number of carbonyl (C=O) groups excluding carboxylic acids is 2. The first-order valence-electron chi connectivity index (χ1n) is 6.43. The number of hydrogen-bond donors (Lipinski definition) is 1. The summed E-state index contributed by atoms with van der Waals surface area (Å²) in [6.45, 7) is 1.70. The maximum atomic E-state index is 11.9. The van der Waals surface area contributed by atoms with Gasteiger partial charge in [0.05, 0.1) is 28.4 Å². The Morgan fingerprint density at radius 2 is 2.05 bits per heavy atom. The van der Waals surface area contributed by atoms with Crippen LogP contribution >= 0.6 is 23.2 Å². The van der Waals surface area contributed by atoms with Gasteiger partial charge in [0.25, 0.3) is 5.91 Å². The lowest BCUT2D eigenvalue weighted by Crippen LogP contribution is -2.35. The molecule has 1 aromatic heterocycles. The number of esters is 1. The standard InChI is InChI=1S/C15H13Cl2NO4/c1-9(14(19)18-8-11-3-2-6-21-11)22-15(20)10-4-5-12(16)13(17)7-10/h2-7,9H,8H2,1H3,(H,18,19)/t9-/m1/s1. The number of ether oxygens (including phenoxy) is 1. The van der Waals surface area contributed by atoms with Gasteiger partial charge in [-0.25, -0.2) is 4.79 Å². The molecule has 0 aliphatic rings. The summed E-state index contributed by atoms with van der Waals surface area (Å²) in [7, 11) is 0. The Hall–Kier alpha value is -1.98. The molecule has 2 aromatic rings. The molecule has 0 aliphatic heterocycles. The Kier molecular flexibility index (Phi) is 5.46. The van der Waals surface area contributed by atoms with Crippen molar-refractivity contribution in [2.75, 3.05) is 0 Å². The minimum Gasteiger partial charge on any atom is -0.467 e. The Morgan fingerprint density at radius 3 is 2.68 bits per heavy atom. The van der Waals surface area contributed by atoms with E-state index in [0.717, 1.165) is 0 Å². The SMILES string of the molecule is C[C@@H](OC(=O)c1ccc(Cl)c(Cl)c1)C(=O)NCc1ccco1. The minimum atomic E-state index is -0.947. The molecule has 0 bridgehead atoms. The molecular formula is C15H13Cl2NO4.